The third kappa shape index (κ3) is 3.00. The van der Waals surface area contributed by atoms with Gasteiger partial charge in [0, 0.05) is 31.2 Å². The Bertz CT molecular complexity index is 499. The van der Waals surface area contributed by atoms with Crippen LogP contribution >= 0.6 is 11.6 Å². The van der Waals surface area contributed by atoms with Gasteiger partial charge in [0.1, 0.15) is 5.82 Å². The number of rotatable bonds is 3. The van der Waals surface area contributed by atoms with Crippen LogP contribution in [0.25, 0.3) is 0 Å². The lowest BCUT2D eigenvalue weighted by molar-refractivity contribution is 0.0759. The van der Waals surface area contributed by atoms with E-state index in [0.717, 1.165) is 31.1 Å². The molecule has 0 radical (unpaired) electrons. The van der Waals surface area contributed by atoms with Crippen LogP contribution in [0, 0.1) is 11.7 Å². The second-order valence-corrected chi connectivity index (χ2v) is 7.17. The first-order valence-electron chi connectivity index (χ1n) is 7.38. The number of nitrogens with one attached hydrogen (secondary N) is 1. The molecule has 1 aliphatic heterocycles. The van der Waals surface area contributed by atoms with Crippen LogP contribution in [0.1, 0.15) is 32.3 Å². The quantitative estimate of drug-likeness (QED) is 0.919. The van der Waals surface area contributed by atoms with Gasteiger partial charge in [-0.2, -0.15) is 0 Å². The van der Waals surface area contributed by atoms with Gasteiger partial charge < -0.3 is 5.32 Å². The van der Waals surface area contributed by atoms with E-state index in [-0.39, 0.29) is 16.4 Å². The maximum Gasteiger partial charge on any atom is 0.142 e. The van der Waals surface area contributed by atoms with Gasteiger partial charge in [-0.05, 0) is 44.2 Å². The Kier molecular flexibility index (Phi) is 3.78. The van der Waals surface area contributed by atoms with Gasteiger partial charge in [-0.1, -0.05) is 23.7 Å². The molecule has 2 fully saturated rings. The molecule has 3 rings (SSSR count). The molecule has 0 amide bonds. The fourth-order valence-electron chi connectivity index (χ4n) is 3.20. The zero-order valence-corrected chi connectivity index (χ0v) is 12.9. The molecule has 4 heteroatoms. The van der Waals surface area contributed by atoms with Gasteiger partial charge >= 0.3 is 0 Å². The highest BCUT2D eigenvalue weighted by Crippen LogP contribution is 2.38. The van der Waals surface area contributed by atoms with Gasteiger partial charge in [0.15, 0.2) is 0 Å². The van der Waals surface area contributed by atoms with Crippen molar-refractivity contribution >= 4 is 11.6 Å². The summed E-state index contributed by atoms with van der Waals surface area (Å²) in [6.07, 6.45) is 2.64. The first-order chi connectivity index (χ1) is 9.46. The van der Waals surface area contributed by atoms with Crippen molar-refractivity contribution in [3.63, 3.8) is 0 Å². The summed E-state index contributed by atoms with van der Waals surface area (Å²) >= 11 is 6.11. The molecule has 0 bridgehead atoms. The molecule has 1 aromatic rings. The van der Waals surface area contributed by atoms with Crippen LogP contribution in [0.4, 0.5) is 4.39 Å². The molecule has 0 spiro atoms. The summed E-state index contributed by atoms with van der Waals surface area (Å²) in [5.74, 6) is 0.479. The van der Waals surface area contributed by atoms with Crippen molar-refractivity contribution in [3.8, 4) is 0 Å². The van der Waals surface area contributed by atoms with E-state index in [2.05, 4.69) is 24.1 Å². The molecule has 20 heavy (non-hydrogen) atoms. The fraction of sp³-hybridized carbons (Fsp3) is 0.625. The number of nitrogens with zero attached hydrogens (tertiary/aromatic N) is 1. The maximum absolute atomic E-state index is 13.6. The predicted octanol–water partition coefficient (Wildman–Crippen LogP) is 3.44. The van der Waals surface area contributed by atoms with Crippen molar-refractivity contribution in [3.05, 3.63) is 34.6 Å². The number of piperazine rings is 1. The average Bonchev–Trinajstić information content (AvgIpc) is 3.18. The molecule has 1 unspecified atom stereocenters. The molecule has 110 valence electrons. The molecular weight excluding hydrogens is 275 g/mol. The minimum atomic E-state index is -0.318. The standard InChI is InChI=1S/C16H22ClFN2/c1-16(2)10-20(14(8-19-16)11-6-7-11)9-12-4-3-5-13(18)15(12)17/h3-5,11,14,19H,6-10H2,1-2H3. The Morgan fingerprint density at radius 1 is 1.40 bits per heavy atom. The normalized spacial score (nSPS) is 26.7. The van der Waals surface area contributed by atoms with E-state index in [0.29, 0.717) is 6.04 Å². The molecule has 1 aliphatic carbocycles. The second kappa shape index (κ2) is 5.28. The van der Waals surface area contributed by atoms with Crippen molar-refractivity contribution in [1.29, 1.82) is 0 Å². The second-order valence-electron chi connectivity index (χ2n) is 6.79. The molecule has 1 saturated heterocycles. The third-order valence-corrected chi connectivity index (χ3v) is 4.85. The van der Waals surface area contributed by atoms with E-state index >= 15 is 0 Å². The molecule has 2 aliphatic rings. The molecule has 1 saturated carbocycles. The average molecular weight is 297 g/mol. The van der Waals surface area contributed by atoms with Crippen molar-refractivity contribution in [2.24, 2.45) is 5.92 Å². The topological polar surface area (TPSA) is 15.3 Å². The maximum atomic E-state index is 13.6. The molecule has 0 aromatic heterocycles. The fourth-order valence-corrected chi connectivity index (χ4v) is 3.38. The lowest BCUT2D eigenvalue weighted by Gasteiger charge is -2.45. The first kappa shape index (κ1) is 14.3. The van der Waals surface area contributed by atoms with E-state index in [1.165, 1.54) is 18.9 Å². The number of benzene rings is 1. The van der Waals surface area contributed by atoms with Crippen LogP contribution in [0.3, 0.4) is 0 Å². The largest absolute Gasteiger partial charge is 0.309 e. The first-order valence-corrected chi connectivity index (χ1v) is 7.76. The summed E-state index contributed by atoms with van der Waals surface area (Å²) in [4.78, 5) is 2.48. The molecular formula is C16H22ClFN2. The van der Waals surface area contributed by atoms with Crippen LogP contribution in [-0.4, -0.2) is 29.6 Å². The minimum Gasteiger partial charge on any atom is -0.309 e. The zero-order valence-electron chi connectivity index (χ0n) is 12.1. The van der Waals surface area contributed by atoms with Crippen molar-refractivity contribution in [2.45, 2.75) is 44.8 Å². The SMILES string of the molecule is CC1(C)CN(Cc2cccc(F)c2Cl)C(C2CC2)CN1. The smallest absolute Gasteiger partial charge is 0.142 e. The van der Waals surface area contributed by atoms with Gasteiger partial charge in [0.05, 0.1) is 5.02 Å². The van der Waals surface area contributed by atoms with Gasteiger partial charge in [-0.25, -0.2) is 4.39 Å². The van der Waals surface area contributed by atoms with Gasteiger partial charge in [0.25, 0.3) is 0 Å². The summed E-state index contributed by atoms with van der Waals surface area (Å²) in [5, 5.41) is 3.90. The van der Waals surface area contributed by atoms with Crippen LogP contribution < -0.4 is 5.32 Å². The van der Waals surface area contributed by atoms with E-state index in [9.17, 15) is 4.39 Å². The van der Waals surface area contributed by atoms with Crippen LogP contribution in [0.5, 0.6) is 0 Å². The van der Waals surface area contributed by atoms with Crippen LogP contribution in [0.15, 0.2) is 18.2 Å². The van der Waals surface area contributed by atoms with E-state index in [4.69, 9.17) is 11.6 Å². The molecule has 1 N–H and O–H groups in total. The Morgan fingerprint density at radius 3 is 2.85 bits per heavy atom. The van der Waals surface area contributed by atoms with Crippen LogP contribution in [-0.2, 0) is 6.54 Å². The lowest BCUT2D eigenvalue weighted by atomic mass is 9.96. The van der Waals surface area contributed by atoms with E-state index in [1.807, 2.05) is 6.07 Å². The highest BCUT2D eigenvalue weighted by atomic mass is 35.5. The van der Waals surface area contributed by atoms with Gasteiger partial charge in [-0.3, -0.25) is 4.90 Å². The van der Waals surface area contributed by atoms with Crippen molar-refractivity contribution < 1.29 is 4.39 Å². The summed E-state index contributed by atoms with van der Waals surface area (Å²) < 4.78 is 13.6. The Balaban J connectivity index is 1.80. The van der Waals surface area contributed by atoms with Crippen molar-refractivity contribution in [2.75, 3.05) is 13.1 Å². The number of halogens is 2. The van der Waals surface area contributed by atoms with Gasteiger partial charge in [-0.15, -0.1) is 0 Å². The van der Waals surface area contributed by atoms with Crippen LogP contribution in [0.2, 0.25) is 5.02 Å². The lowest BCUT2D eigenvalue weighted by Crippen LogP contribution is -2.61. The molecule has 1 atom stereocenters. The molecule has 1 aromatic carbocycles. The number of hydrogen-bond donors (Lipinski definition) is 1. The highest BCUT2D eigenvalue weighted by Gasteiger charge is 2.40. The van der Waals surface area contributed by atoms with Crippen molar-refractivity contribution in [1.82, 2.24) is 10.2 Å². The zero-order chi connectivity index (χ0) is 14.3. The van der Waals surface area contributed by atoms with Gasteiger partial charge in [0.2, 0.25) is 0 Å². The highest BCUT2D eigenvalue weighted by molar-refractivity contribution is 6.31. The summed E-state index contributed by atoms with van der Waals surface area (Å²) in [6, 6.07) is 5.66. The Labute approximate surface area is 125 Å². The monoisotopic (exact) mass is 296 g/mol. The Morgan fingerprint density at radius 2 is 2.15 bits per heavy atom. The third-order valence-electron chi connectivity index (χ3n) is 4.43. The summed E-state index contributed by atoms with van der Waals surface area (Å²) in [7, 11) is 0. The summed E-state index contributed by atoms with van der Waals surface area (Å²) in [6.45, 7) is 7.17. The predicted molar refractivity (Wildman–Crippen MR) is 80.4 cm³/mol. The summed E-state index contributed by atoms with van der Waals surface area (Å²) in [5.41, 5.74) is 1.00. The van der Waals surface area contributed by atoms with E-state index < -0.39 is 0 Å². The molecule has 1 heterocycles. The minimum absolute atomic E-state index is 0.102. The number of hydrogen-bond acceptors (Lipinski definition) is 2. The van der Waals surface area contributed by atoms with E-state index in [1.54, 1.807) is 6.07 Å². The Hall–Kier alpha value is -0.640. The molecule has 2 nitrogen and oxygen atoms in total.